The van der Waals surface area contributed by atoms with Gasteiger partial charge in [-0.2, -0.15) is 0 Å². The average Bonchev–Trinajstić information content (AvgIpc) is 2.53. The standard InChI is InChI=1S/C8H17N3O2S2/c9-8(14)7-15(12,13)10-3-6-11-4-1-2-5-11/h10H,1-7H2,(H2,9,14). The van der Waals surface area contributed by atoms with Gasteiger partial charge in [-0.3, -0.25) is 0 Å². The number of likely N-dealkylation sites (tertiary alicyclic amines) is 1. The number of nitrogens with two attached hydrogens (primary N) is 1. The molecule has 0 aliphatic carbocycles. The largest absolute Gasteiger partial charge is 0.392 e. The van der Waals surface area contributed by atoms with Crippen molar-refractivity contribution >= 4 is 27.2 Å². The molecule has 5 nitrogen and oxygen atoms in total. The first-order valence-corrected chi connectivity index (χ1v) is 7.04. The predicted molar refractivity (Wildman–Crippen MR) is 64.2 cm³/mol. The zero-order valence-electron chi connectivity index (χ0n) is 8.61. The summed E-state index contributed by atoms with van der Waals surface area (Å²) in [6.45, 7) is 3.33. The van der Waals surface area contributed by atoms with E-state index in [1.807, 2.05) is 0 Å². The van der Waals surface area contributed by atoms with E-state index < -0.39 is 10.0 Å². The first-order valence-electron chi connectivity index (χ1n) is 4.97. The normalized spacial score (nSPS) is 18.1. The van der Waals surface area contributed by atoms with Gasteiger partial charge in [0.1, 0.15) is 5.75 Å². The summed E-state index contributed by atoms with van der Waals surface area (Å²) in [5.74, 6) is -0.262. The van der Waals surface area contributed by atoms with E-state index in [2.05, 4.69) is 21.8 Å². The van der Waals surface area contributed by atoms with Crippen LogP contribution in [0.4, 0.5) is 0 Å². The molecule has 0 atom stereocenters. The fourth-order valence-corrected chi connectivity index (χ4v) is 2.95. The molecule has 1 fully saturated rings. The summed E-state index contributed by atoms with van der Waals surface area (Å²) >= 11 is 4.55. The summed E-state index contributed by atoms with van der Waals surface area (Å²) in [4.78, 5) is 2.24. The monoisotopic (exact) mass is 251 g/mol. The van der Waals surface area contributed by atoms with Gasteiger partial charge in [0.25, 0.3) is 0 Å². The number of rotatable bonds is 6. The van der Waals surface area contributed by atoms with Crippen molar-refractivity contribution in [1.82, 2.24) is 9.62 Å². The van der Waals surface area contributed by atoms with Crippen molar-refractivity contribution in [2.75, 3.05) is 31.9 Å². The molecule has 0 bridgehead atoms. The minimum absolute atomic E-state index is 0.00340. The molecule has 3 N–H and O–H groups in total. The molecule has 15 heavy (non-hydrogen) atoms. The second kappa shape index (κ2) is 5.74. The Kier molecular flexibility index (Phi) is 4.91. The highest BCUT2D eigenvalue weighted by atomic mass is 32.2. The Morgan fingerprint density at radius 1 is 1.40 bits per heavy atom. The number of hydrogen-bond acceptors (Lipinski definition) is 4. The smallest absolute Gasteiger partial charge is 0.218 e. The molecule has 0 saturated carbocycles. The highest BCUT2D eigenvalue weighted by Crippen LogP contribution is 2.05. The lowest BCUT2D eigenvalue weighted by Crippen LogP contribution is -2.37. The lowest BCUT2D eigenvalue weighted by atomic mass is 10.4. The van der Waals surface area contributed by atoms with Crippen molar-refractivity contribution in [1.29, 1.82) is 0 Å². The number of thiocarbonyl (C=S) groups is 1. The summed E-state index contributed by atoms with van der Waals surface area (Å²) in [6, 6.07) is 0. The van der Waals surface area contributed by atoms with E-state index in [0.29, 0.717) is 6.54 Å². The molecule has 1 saturated heterocycles. The Bertz CT molecular complexity index is 310. The van der Waals surface area contributed by atoms with Crippen LogP contribution in [-0.2, 0) is 10.0 Å². The van der Waals surface area contributed by atoms with Gasteiger partial charge in [-0.05, 0) is 25.9 Å². The summed E-state index contributed by atoms with van der Waals surface area (Å²) in [5, 5.41) is 0. The van der Waals surface area contributed by atoms with Crippen LogP contribution in [0.1, 0.15) is 12.8 Å². The molecule has 0 amide bonds. The van der Waals surface area contributed by atoms with Crippen LogP contribution in [0.2, 0.25) is 0 Å². The lowest BCUT2D eigenvalue weighted by molar-refractivity contribution is 0.344. The van der Waals surface area contributed by atoms with Crippen molar-refractivity contribution in [2.24, 2.45) is 5.73 Å². The zero-order chi connectivity index (χ0) is 11.3. The van der Waals surface area contributed by atoms with Crippen LogP contribution in [0.5, 0.6) is 0 Å². The van der Waals surface area contributed by atoms with E-state index in [0.717, 1.165) is 19.6 Å². The first kappa shape index (κ1) is 12.8. The highest BCUT2D eigenvalue weighted by Gasteiger charge is 2.14. The number of hydrogen-bond donors (Lipinski definition) is 2. The zero-order valence-corrected chi connectivity index (χ0v) is 10.2. The molecular formula is C8H17N3O2S2. The molecular weight excluding hydrogens is 234 g/mol. The van der Waals surface area contributed by atoms with Crippen LogP contribution in [-0.4, -0.2) is 50.2 Å². The second-order valence-corrected chi connectivity index (χ2v) is 6.00. The highest BCUT2D eigenvalue weighted by molar-refractivity contribution is 7.92. The van der Waals surface area contributed by atoms with Crippen molar-refractivity contribution in [3.05, 3.63) is 0 Å². The summed E-state index contributed by atoms with van der Waals surface area (Å²) in [7, 11) is -3.32. The van der Waals surface area contributed by atoms with Crippen molar-refractivity contribution in [3.8, 4) is 0 Å². The van der Waals surface area contributed by atoms with Gasteiger partial charge in [0, 0.05) is 13.1 Å². The van der Waals surface area contributed by atoms with Crippen LogP contribution in [0.15, 0.2) is 0 Å². The fourth-order valence-electron chi connectivity index (χ4n) is 1.60. The molecule has 88 valence electrons. The minimum Gasteiger partial charge on any atom is -0.392 e. The molecule has 1 aliphatic rings. The molecule has 0 radical (unpaired) electrons. The van der Waals surface area contributed by atoms with Gasteiger partial charge in [-0.25, -0.2) is 13.1 Å². The molecule has 0 aromatic carbocycles. The van der Waals surface area contributed by atoms with E-state index in [-0.39, 0.29) is 10.7 Å². The Balaban J connectivity index is 2.20. The van der Waals surface area contributed by atoms with E-state index in [1.165, 1.54) is 12.8 Å². The SMILES string of the molecule is NC(=S)CS(=O)(=O)NCCN1CCCC1. The Morgan fingerprint density at radius 3 is 2.53 bits per heavy atom. The number of sulfonamides is 1. The first-order chi connectivity index (χ1) is 6.99. The molecule has 0 unspecified atom stereocenters. The summed E-state index contributed by atoms with van der Waals surface area (Å²) in [5.41, 5.74) is 5.17. The lowest BCUT2D eigenvalue weighted by Gasteiger charge is -2.14. The van der Waals surface area contributed by atoms with Gasteiger partial charge in [0.2, 0.25) is 10.0 Å². The van der Waals surface area contributed by atoms with Crippen molar-refractivity contribution in [2.45, 2.75) is 12.8 Å². The third kappa shape index (κ3) is 5.41. The minimum atomic E-state index is -3.32. The molecule has 0 aromatic rings. The van der Waals surface area contributed by atoms with Gasteiger partial charge >= 0.3 is 0 Å². The molecule has 1 heterocycles. The van der Waals surface area contributed by atoms with E-state index in [4.69, 9.17) is 5.73 Å². The third-order valence-electron chi connectivity index (χ3n) is 2.28. The molecule has 1 aliphatic heterocycles. The topological polar surface area (TPSA) is 75.4 Å². The Hall–Kier alpha value is -0.240. The van der Waals surface area contributed by atoms with Crippen LogP contribution in [0.25, 0.3) is 0 Å². The number of nitrogens with zero attached hydrogens (tertiary/aromatic N) is 1. The van der Waals surface area contributed by atoms with Gasteiger partial charge in [-0.15, -0.1) is 0 Å². The maximum atomic E-state index is 11.3. The second-order valence-electron chi connectivity index (χ2n) is 3.67. The molecule has 1 rings (SSSR count). The van der Waals surface area contributed by atoms with Crippen LogP contribution < -0.4 is 10.5 Å². The quantitative estimate of drug-likeness (QED) is 0.610. The van der Waals surface area contributed by atoms with Crippen molar-refractivity contribution in [3.63, 3.8) is 0 Å². The summed E-state index contributed by atoms with van der Waals surface area (Å²) in [6.07, 6.45) is 2.42. The molecule has 0 spiro atoms. The Morgan fingerprint density at radius 2 is 2.00 bits per heavy atom. The van der Waals surface area contributed by atoms with Crippen LogP contribution in [0.3, 0.4) is 0 Å². The van der Waals surface area contributed by atoms with Gasteiger partial charge < -0.3 is 10.6 Å². The van der Waals surface area contributed by atoms with Gasteiger partial charge in [0.15, 0.2) is 0 Å². The summed E-state index contributed by atoms with van der Waals surface area (Å²) < 4.78 is 25.1. The van der Waals surface area contributed by atoms with E-state index in [1.54, 1.807) is 0 Å². The molecule has 0 aromatic heterocycles. The molecule has 7 heteroatoms. The van der Waals surface area contributed by atoms with Crippen molar-refractivity contribution < 1.29 is 8.42 Å². The maximum absolute atomic E-state index is 11.3. The fraction of sp³-hybridized carbons (Fsp3) is 0.875. The van der Waals surface area contributed by atoms with Gasteiger partial charge in [0.05, 0.1) is 4.99 Å². The number of nitrogens with one attached hydrogen (secondary N) is 1. The third-order valence-corrected chi connectivity index (χ3v) is 3.94. The Labute approximate surface area is 96.1 Å². The maximum Gasteiger partial charge on any atom is 0.218 e. The van der Waals surface area contributed by atoms with Gasteiger partial charge in [-0.1, -0.05) is 12.2 Å². The van der Waals surface area contributed by atoms with Crippen LogP contribution in [0, 0.1) is 0 Å². The van der Waals surface area contributed by atoms with Crippen LogP contribution >= 0.6 is 12.2 Å². The predicted octanol–water partition coefficient (Wildman–Crippen LogP) is -0.712. The van der Waals surface area contributed by atoms with E-state index in [9.17, 15) is 8.42 Å². The average molecular weight is 251 g/mol. The van der Waals surface area contributed by atoms with E-state index >= 15 is 0 Å².